The second-order valence-corrected chi connectivity index (χ2v) is 3.76. The molecule has 0 aliphatic carbocycles. The predicted octanol–water partition coefficient (Wildman–Crippen LogP) is 1.64. The molecule has 3 heteroatoms. The molecule has 0 bridgehead atoms. The zero-order valence-corrected chi connectivity index (χ0v) is 8.90. The van der Waals surface area contributed by atoms with Gasteiger partial charge in [0.2, 0.25) is 0 Å². The second kappa shape index (κ2) is 4.45. The van der Waals surface area contributed by atoms with E-state index in [2.05, 4.69) is 11.0 Å². The first-order valence-electron chi connectivity index (χ1n) is 5.20. The minimum atomic E-state index is 0.770. The number of benzene rings is 1. The number of ether oxygens (including phenoxy) is 1. The van der Waals surface area contributed by atoms with Gasteiger partial charge in [0.1, 0.15) is 6.29 Å². The van der Waals surface area contributed by atoms with Crippen molar-refractivity contribution in [2.24, 2.45) is 0 Å². The van der Waals surface area contributed by atoms with Crippen LogP contribution >= 0.6 is 0 Å². The first-order valence-corrected chi connectivity index (χ1v) is 5.20. The van der Waals surface area contributed by atoms with E-state index in [4.69, 9.17) is 4.74 Å². The molecular weight excluding hydrogens is 190 g/mol. The van der Waals surface area contributed by atoms with Gasteiger partial charge in [-0.2, -0.15) is 0 Å². The van der Waals surface area contributed by atoms with Gasteiger partial charge in [0.25, 0.3) is 0 Å². The van der Waals surface area contributed by atoms with E-state index in [-0.39, 0.29) is 0 Å². The summed E-state index contributed by atoms with van der Waals surface area (Å²) in [4.78, 5) is 13.0. The molecule has 1 saturated heterocycles. The van der Waals surface area contributed by atoms with Crippen molar-refractivity contribution in [2.45, 2.75) is 6.92 Å². The zero-order valence-electron chi connectivity index (χ0n) is 8.90. The summed E-state index contributed by atoms with van der Waals surface area (Å²) in [6, 6.07) is 5.95. The van der Waals surface area contributed by atoms with Crippen LogP contribution in [0.15, 0.2) is 18.2 Å². The molecule has 3 nitrogen and oxygen atoms in total. The van der Waals surface area contributed by atoms with Crippen LogP contribution in [0.25, 0.3) is 0 Å². The number of hydrogen-bond acceptors (Lipinski definition) is 3. The Labute approximate surface area is 89.7 Å². The number of rotatable bonds is 2. The molecule has 0 saturated carbocycles. The number of nitrogens with zero attached hydrogens (tertiary/aromatic N) is 1. The normalized spacial score (nSPS) is 16.5. The van der Waals surface area contributed by atoms with Crippen LogP contribution in [0.4, 0.5) is 5.69 Å². The number of carbonyl (C=O) groups excluding carboxylic acids is 1. The highest BCUT2D eigenvalue weighted by atomic mass is 16.5. The Kier molecular flexibility index (Phi) is 3.02. The maximum absolute atomic E-state index is 10.7. The molecule has 0 spiro atoms. The summed E-state index contributed by atoms with van der Waals surface area (Å²) >= 11 is 0. The van der Waals surface area contributed by atoms with Crippen LogP contribution in [0, 0.1) is 6.92 Å². The highest BCUT2D eigenvalue weighted by molar-refractivity contribution is 5.78. The molecule has 1 aliphatic heterocycles. The number of hydrogen-bond donors (Lipinski definition) is 0. The van der Waals surface area contributed by atoms with Gasteiger partial charge in [-0.1, -0.05) is 0 Å². The van der Waals surface area contributed by atoms with Crippen molar-refractivity contribution in [3.05, 3.63) is 29.3 Å². The van der Waals surface area contributed by atoms with Gasteiger partial charge >= 0.3 is 0 Å². The third kappa shape index (κ3) is 2.18. The average Bonchev–Trinajstić information content (AvgIpc) is 2.30. The predicted molar refractivity (Wildman–Crippen MR) is 59.6 cm³/mol. The fourth-order valence-corrected chi connectivity index (χ4v) is 1.81. The van der Waals surface area contributed by atoms with Crippen molar-refractivity contribution in [1.29, 1.82) is 0 Å². The maximum atomic E-state index is 10.7. The summed E-state index contributed by atoms with van der Waals surface area (Å²) in [5.41, 5.74) is 2.99. The maximum Gasteiger partial charge on any atom is 0.150 e. The monoisotopic (exact) mass is 205 g/mol. The molecule has 1 aromatic carbocycles. The molecule has 1 aromatic rings. The van der Waals surface area contributed by atoms with Gasteiger partial charge in [0.05, 0.1) is 13.2 Å². The van der Waals surface area contributed by atoms with Crippen molar-refractivity contribution in [3.63, 3.8) is 0 Å². The zero-order chi connectivity index (χ0) is 10.7. The van der Waals surface area contributed by atoms with E-state index in [1.165, 1.54) is 5.69 Å². The van der Waals surface area contributed by atoms with Crippen molar-refractivity contribution < 1.29 is 9.53 Å². The summed E-state index contributed by atoms with van der Waals surface area (Å²) in [7, 11) is 0. The van der Waals surface area contributed by atoms with Gasteiger partial charge in [-0.15, -0.1) is 0 Å². The third-order valence-corrected chi connectivity index (χ3v) is 2.76. The van der Waals surface area contributed by atoms with E-state index in [1.807, 2.05) is 19.1 Å². The molecule has 0 radical (unpaired) electrons. The average molecular weight is 205 g/mol. The van der Waals surface area contributed by atoms with Crippen LogP contribution in [0.2, 0.25) is 0 Å². The van der Waals surface area contributed by atoms with Gasteiger partial charge in [0.15, 0.2) is 0 Å². The second-order valence-electron chi connectivity index (χ2n) is 3.76. The number of anilines is 1. The molecule has 0 amide bonds. The van der Waals surface area contributed by atoms with Crippen LogP contribution in [0.3, 0.4) is 0 Å². The van der Waals surface area contributed by atoms with E-state index in [0.717, 1.165) is 43.7 Å². The number of morpholine rings is 1. The molecule has 15 heavy (non-hydrogen) atoms. The van der Waals surface area contributed by atoms with Crippen LogP contribution < -0.4 is 4.90 Å². The highest BCUT2D eigenvalue weighted by Crippen LogP contribution is 2.19. The van der Waals surface area contributed by atoms with E-state index in [9.17, 15) is 4.79 Å². The van der Waals surface area contributed by atoms with Gasteiger partial charge < -0.3 is 9.64 Å². The Balaban J connectivity index is 2.21. The van der Waals surface area contributed by atoms with Gasteiger partial charge in [-0.05, 0) is 30.7 Å². The lowest BCUT2D eigenvalue weighted by atomic mass is 10.1. The lowest BCUT2D eigenvalue weighted by Gasteiger charge is -2.29. The fraction of sp³-hybridized carbons (Fsp3) is 0.417. The lowest BCUT2D eigenvalue weighted by Crippen LogP contribution is -2.36. The van der Waals surface area contributed by atoms with Crippen molar-refractivity contribution in [2.75, 3.05) is 31.2 Å². The topological polar surface area (TPSA) is 29.5 Å². The quantitative estimate of drug-likeness (QED) is 0.687. The molecule has 0 unspecified atom stereocenters. The molecule has 2 rings (SSSR count). The summed E-state index contributed by atoms with van der Waals surface area (Å²) < 4.78 is 5.30. The van der Waals surface area contributed by atoms with E-state index in [0.29, 0.717) is 0 Å². The minimum Gasteiger partial charge on any atom is -0.378 e. The largest absolute Gasteiger partial charge is 0.378 e. The molecule has 80 valence electrons. The van der Waals surface area contributed by atoms with Crippen LogP contribution in [-0.2, 0) is 4.74 Å². The molecule has 1 heterocycles. The highest BCUT2D eigenvalue weighted by Gasteiger charge is 2.11. The number of carbonyl (C=O) groups is 1. The summed E-state index contributed by atoms with van der Waals surface area (Å²) in [6.45, 7) is 5.40. The van der Waals surface area contributed by atoms with Gasteiger partial charge in [-0.3, -0.25) is 4.79 Å². The van der Waals surface area contributed by atoms with Gasteiger partial charge in [0, 0.05) is 24.3 Å². The number of aryl methyl sites for hydroxylation is 1. The molecule has 0 N–H and O–H groups in total. The molecule has 1 aliphatic rings. The van der Waals surface area contributed by atoms with Crippen molar-refractivity contribution in [3.8, 4) is 0 Å². The summed E-state index contributed by atoms with van der Waals surface area (Å²) in [6.07, 6.45) is 0.901. The molecule has 0 atom stereocenters. The first kappa shape index (κ1) is 10.2. The Hall–Kier alpha value is -1.35. The van der Waals surface area contributed by atoms with Crippen LogP contribution in [0.1, 0.15) is 15.9 Å². The molecular formula is C12H15NO2. The summed E-state index contributed by atoms with van der Waals surface area (Å²) in [5.74, 6) is 0. The van der Waals surface area contributed by atoms with Crippen LogP contribution in [0.5, 0.6) is 0 Å². The first-order chi connectivity index (χ1) is 7.31. The van der Waals surface area contributed by atoms with Crippen molar-refractivity contribution in [1.82, 2.24) is 0 Å². The standard InChI is InChI=1S/C12H15NO2/c1-10-8-12(3-2-11(10)9-14)13-4-6-15-7-5-13/h2-3,8-9H,4-7H2,1H3. The number of aldehydes is 1. The Morgan fingerprint density at radius 3 is 2.67 bits per heavy atom. The van der Waals surface area contributed by atoms with E-state index >= 15 is 0 Å². The van der Waals surface area contributed by atoms with Crippen LogP contribution in [-0.4, -0.2) is 32.6 Å². The van der Waals surface area contributed by atoms with E-state index < -0.39 is 0 Å². The molecule has 1 fully saturated rings. The molecule has 0 aromatic heterocycles. The third-order valence-electron chi connectivity index (χ3n) is 2.76. The smallest absolute Gasteiger partial charge is 0.150 e. The lowest BCUT2D eigenvalue weighted by molar-refractivity contribution is 0.112. The van der Waals surface area contributed by atoms with E-state index in [1.54, 1.807) is 0 Å². The van der Waals surface area contributed by atoms with Crippen molar-refractivity contribution >= 4 is 12.0 Å². The Morgan fingerprint density at radius 1 is 1.33 bits per heavy atom. The fourth-order valence-electron chi connectivity index (χ4n) is 1.81. The Bertz CT molecular complexity index is 357. The van der Waals surface area contributed by atoms with Gasteiger partial charge in [-0.25, -0.2) is 0 Å². The minimum absolute atomic E-state index is 0.770. The SMILES string of the molecule is Cc1cc(N2CCOCC2)ccc1C=O. The summed E-state index contributed by atoms with van der Waals surface area (Å²) in [5, 5.41) is 0. The Morgan fingerprint density at radius 2 is 2.07 bits per heavy atom.